The third kappa shape index (κ3) is 4.86. The highest BCUT2D eigenvalue weighted by Gasteiger charge is 2.39. The minimum atomic E-state index is -0.263. The third-order valence-electron chi connectivity index (χ3n) is 6.12. The van der Waals surface area contributed by atoms with Crippen molar-refractivity contribution in [2.75, 3.05) is 19.6 Å². The van der Waals surface area contributed by atoms with Crippen molar-refractivity contribution < 1.29 is 14.0 Å². The minimum absolute atomic E-state index is 0.0249. The lowest BCUT2D eigenvalue weighted by Gasteiger charge is -2.37. The van der Waals surface area contributed by atoms with Gasteiger partial charge >= 0.3 is 0 Å². The molecule has 2 atom stereocenters. The van der Waals surface area contributed by atoms with Gasteiger partial charge in [0.15, 0.2) is 0 Å². The second kappa shape index (κ2) is 8.94. The van der Waals surface area contributed by atoms with Crippen LogP contribution in [0.25, 0.3) is 0 Å². The SMILES string of the molecule is Cc1cc([C@@H]2C[C@H](C(=O)NCCc3ccccn3)CN(C(=O)C3CC3)C2)ccc1F. The van der Waals surface area contributed by atoms with E-state index in [1.807, 2.05) is 29.2 Å². The average molecular weight is 410 g/mol. The fourth-order valence-corrected chi connectivity index (χ4v) is 4.22. The monoisotopic (exact) mass is 409 g/mol. The molecule has 1 aliphatic heterocycles. The molecule has 0 radical (unpaired) electrons. The lowest BCUT2D eigenvalue weighted by atomic mass is 9.83. The Labute approximate surface area is 176 Å². The topological polar surface area (TPSA) is 62.3 Å². The molecule has 2 aliphatic rings. The first kappa shape index (κ1) is 20.5. The fraction of sp³-hybridized carbons (Fsp3) is 0.458. The second-order valence-corrected chi connectivity index (χ2v) is 8.52. The second-order valence-electron chi connectivity index (χ2n) is 8.52. The highest BCUT2D eigenvalue weighted by Crippen LogP contribution is 2.36. The van der Waals surface area contributed by atoms with E-state index < -0.39 is 0 Å². The largest absolute Gasteiger partial charge is 0.355 e. The Hall–Kier alpha value is -2.76. The van der Waals surface area contributed by atoms with E-state index >= 15 is 0 Å². The molecule has 0 unspecified atom stereocenters. The van der Waals surface area contributed by atoms with Crippen molar-refractivity contribution in [1.82, 2.24) is 15.2 Å². The predicted molar refractivity (Wildman–Crippen MR) is 112 cm³/mol. The van der Waals surface area contributed by atoms with E-state index in [4.69, 9.17) is 0 Å². The van der Waals surface area contributed by atoms with Crippen LogP contribution in [0, 0.1) is 24.6 Å². The summed E-state index contributed by atoms with van der Waals surface area (Å²) in [4.78, 5) is 31.8. The number of carbonyl (C=O) groups is 2. The predicted octanol–water partition coefficient (Wildman–Crippen LogP) is 3.23. The van der Waals surface area contributed by atoms with E-state index in [1.54, 1.807) is 19.2 Å². The van der Waals surface area contributed by atoms with Gasteiger partial charge in [0.2, 0.25) is 11.8 Å². The zero-order chi connectivity index (χ0) is 21.1. The van der Waals surface area contributed by atoms with Crippen molar-refractivity contribution in [3.8, 4) is 0 Å². The number of nitrogens with one attached hydrogen (secondary N) is 1. The van der Waals surface area contributed by atoms with E-state index in [-0.39, 0.29) is 35.4 Å². The van der Waals surface area contributed by atoms with Crippen LogP contribution >= 0.6 is 0 Å². The Morgan fingerprint density at radius 3 is 2.70 bits per heavy atom. The summed E-state index contributed by atoms with van der Waals surface area (Å²) in [6.07, 6.45) is 4.96. The highest BCUT2D eigenvalue weighted by atomic mass is 19.1. The van der Waals surface area contributed by atoms with Crippen molar-refractivity contribution in [1.29, 1.82) is 0 Å². The summed E-state index contributed by atoms with van der Waals surface area (Å²) >= 11 is 0. The Morgan fingerprint density at radius 1 is 1.17 bits per heavy atom. The first-order chi connectivity index (χ1) is 14.5. The summed E-state index contributed by atoms with van der Waals surface area (Å²) in [5.41, 5.74) is 2.52. The van der Waals surface area contributed by atoms with Crippen LogP contribution in [0.3, 0.4) is 0 Å². The molecule has 2 amide bonds. The standard InChI is InChI=1S/C24H28FN3O2/c1-16-12-18(7-8-22(16)25)19-13-20(15-28(14-19)24(30)17-5-6-17)23(29)27-11-9-21-4-2-3-10-26-21/h2-4,7-8,10,12,17,19-20H,5-6,9,11,13-15H2,1H3,(H,27,29)/t19-,20+/m1/s1. The third-order valence-corrected chi connectivity index (χ3v) is 6.12. The Kier molecular flexibility index (Phi) is 6.11. The van der Waals surface area contributed by atoms with Crippen LogP contribution in [0.5, 0.6) is 0 Å². The molecule has 5 nitrogen and oxygen atoms in total. The smallest absolute Gasteiger partial charge is 0.225 e. The number of likely N-dealkylation sites (tertiary alicyclic amines) is 1. The molecule has 1 saturated heterocycles. The van der Waals surface area contributed by atoms with Gasteiger partial charge in [-0.05, 0) is 55.5 Å². The molecule has 1 aromatic heterocycles. The van der Waals surface area contributed by atoms with Crippen molar-refractivity contribution in [3.05, 3.63) is 65.2 Å². The van der Waals surface area contributed by atoms with E-state index in [1.165, 1.54) is 6.07 Å². The van der Waals surface area contributed by atoms with Crippen LogP contribution in [0.15, 0.2) is 42.6 Å². The molecule has 1 N–H and O–H groups in total. The van der Waals surface area contributed by atoms with E-state index in [2.05, 4.69) is 10.3 Å². The first-order valence-corrected chi connectivity index (χ1v) is 10.7. The lowest BCUT2D eigenvalue weighted by Crippen LogP contribution is -2.48. The molecular weight excluding hydrogens is 381 g/mol. The van der Waals surface area contributed by atoms with Crippen LogP contribution in [0.4, 0.5) is 4.39 Å². The number of aryl methyl sites for hydroxylation is 1. The maximum Gasteiger partial charge on any atom is 0.225 e. The number of hydrogen-bond donors (Lipinski definition) is 1. The molecule has 0 bridgehead atoms. The van der Waals surface area contributed by atoms with Crippen LogP contribution < -0.4 is 5.32 Å². The molecular formula is C24H28FN3O2. The number of carbonyl (C=O) groups excluding carboxylic acids is 2. The molecule has 0 spiro atoms. The van der Waals surface area contributed by atoms with Crippen molar-refractivity contribution in [2.45, 2.75) is 38.5 Å². The molecule has 4 rings (SSSR count). The van der Waals surface area contributed by atoms with Gasteiger partial charge in [-0.1, -0.05) is 18.2 Å². The Morgan fingerprint density at radius 2 is 2.00 bits per heavy atom. The Bertz CT molecular complexity index is 914. The number of rotatable bonds is 6. The maximum atomic E-state index is 13.7. The van der Waals surface area contributed by atoms with Gasteiger partial charge in [0.1, 0.15) is 5.82 Å². The summed E-state index contributed by atoms with van der Waals surface area (Å²) in [5.74, 6) is -0.212. The van der Waals surface area contributed by atoms with Gasteiger partial charge in [0.05, 0.1) is 5.92 Å². The van der Waals surface area contributed by atoms with Gasteiger partial charge in [0, 0.05) is 49.8 Å². The number of pyridine rings is 1. The summed E-state index contributed by atoms with van der Waals surface area (Å²) in [6, 6.07) is 10.9. The molecule has 1 saturated carbocycles. The fourth-order valence-electron chi connectivity index (χ4n) is 4.22. The molecule has 30 heavy (non-hydrogen) atoms. The van der Waals surface area contributed by atoms with E-state index in [9.17, 15) is 14.0 Å². The zero-order valence-electron chi connectivity index (χ0n) is 17.3. The normalized spacial score (nSPS) is 21.3. The maximum absolute atomic E-state index is 13.7. The lowest BCUT2D eigenvalue weighted by molar-refractivity contribution is -0.137. The van der Waals surface area contributed by atoms with Gasteiger partial charge in [-0.2, -0.15) is 0 Å². The zero-order valence-corrected chi connectivity index (χ0v) is 17.3. The van der Waals surface area contributed by atoms with Crippen LogP contribution in [0.1, 0.15) is 42.0 Å². The van der Waals surface area contributed by atoms with Crippen molar-refractivity contribution >= 4 is 11.8 Å². The van der Waals surface area contributed by atoms with Crippen LogP contribution in [-0.4, -0.2) is 41.3 Å². The molecule has 1 aromatic carbocycles. The number of hydrogen-bond acceptors (Lipinski definition) is 3. The van der Waals surface area contributed by atoms with E-state index in [0.717, 1.165) is 24.1 Å². The quantitative estimate of drug-likeness (QED) is 0.797. The number of halogens is 1. The summed E-state index contributed by atoms with van der Waals surface area (Å²) in [7, 11) is 0. The van der Waals surface area contributed by atoms with Crippen molar-refractivity contribution in [2.24, 2.45) is 11.8 Å². The van der Waals surface area contributed by atoms with Crippen molar-refractivity contribution in [3.63, 3.8) is 0 Å². The number of aromatic nitrogens is 1. The van der Waals surface area contributed by atoms with Gasteiger partial charge in [0.25, 0.3) is 0 Å². The summed E-state index contributed by atoms with van der Waals surface area (Å²) in [6.45, 7) is 3.32. The summed E-state index contributed by atoms with van der Waals surface area (Å²) in [5, 5.41) is 3.02. The van der Waals surface area contributed by atoms with Gasteiger partial charge < -0.3 is 10.2 Å². The molecule has 6 heteroatoms. The number of amides is 2. The van der Waals surface area contributed by atoms with Gasteiger partial charge in [-0.15, -0.1) is 0 Å². The van der Waals surface area contributed by atoms with Gasteiger partial charge in [-0.25, -0.2) is 4.39 Å². The summed E-state index contributed by atoms with van der Waals surface area (Å²) < 4.78 is 13.7. The molecule has 1 aliphatic carbocycles. The van der Waals surface area contributed by atoms with E-state index in [0.29, 0.717) is 38.0 Å². The molecule has 2 heterocycles. The first-order valence-electron chi connectivity index (χ1n) is 10.7. The average Bonchev–Trinajstić information content (AvgIpc) is 3.61. The Balaban J connectivity index is 1.44. The van der Waals surface area contributed by atoms with Gasteiger partial charge in [-0.3, -0.25) is 14.6 Å². The number of piperidine rings is 1. The molecule has 158 valence electrons. The van der Waals surface area contributed by atoms with Crippen LogP contribution in [-0.2, 0) is 16.0 Å². The molecule has 2 aromatic rings. The highest BCUT2D eigenvalue weighted by molar-refractivity contribution is 5.83. The number of benzene rings is 1. The minimum Gasteiger partial charge on any atom is -0.355 e. The molecule has 2 fully saturated rings. The number of nitrogens with zero attached hydrogens (tertiary/aromatic N) is 2. The van der Waals surface area contributed by atoms with Crippen LogP contribution in [0.2, 0.25) is 0 Å².